The van der Waals surface area contributed by atoms with Crippen LogP contribution in [-0.4, -0.2) is 34.2 Å². The van der Waals surface area contributed by atoms with Crippen LogP contribution < -0.4 is 11.3 Å². The molecule has 100 valence electrons. The molecule has 18 heavy (non-hydrogen) atoms. The van der Waals surface area contributed by atoms with Gasteiger partial charge < -0.3 is 10.5 Å². The fourth-order valence-corrected chi connectivity index (χ4v) is 2.46. The fraction of sp³-hybridized carbons (Fsp3) is 0.615. The Morgan fingerprint density at radius 3 is 2.72 bits per heavy atom. The van der Waals surface area contributed by atoms with Gasteiger partial charge in [-0.1, -0.05) is 6.07 Å². The van der Waals surface area contributed by atoms with Crippen LogP contribution in [-0.2, 0) is 6.54 Å². The van der Waals surface area contributed by atoms with Crippen LogP contribution in [0.15, 0.2) is 18.3 Å². The van der Waals surface area contributed by atoms with E-state index in [0.717, 1.165) is 32.5 Å². The van der Waals surface area contributed by atoms with Crippen molar-refractivity contribution in [3.63, 3.8) is 0 Å². The highest BCUT2D eigenvalue weighted by Gasteiger charge is 2.22. The molecule has 1 fully saturated rings. The van der Waals surface area contributed by atoms with Gasteiger partial charge in [-0.15, -0.1) is 0 Å². The summed E-state index contributed by atoms with van der Waals surface area (Å²) in [5, 5.41) is 9.56. The van der Waals surface area contributed by atoms with Crippen LogP contribution >= 0.6 is 0 Å². The van der Waals surface area contributed by atoms with Gasteiger partial charge in [0.2, 0.25) is 0 Å². The molecule has 0 amide bonds. The maximum atomic E-state index is 9.56. The van der Waals surface area contributed by atoms with Crippen LogP contribution in [0, 0.1) is 5.92 Å². The van der Waals surface area contributed by atoms with Crippen molar-refractivity contribution in [1.82, 2.24) is 9.88 Å². The zero-order valence-corrected chi connectivity index (χ0v) is 10.8. The van der Waals surface area contributed by atoms with Crippen molar-refractivity contribution in [2.45, 2.75) is 32.4 Å². The number of hydrogen-bond donors (Lipinski definition) is 3. The molecule has 0 aromatic carbocycles. The molecule has 5 nitrogen and oxygen atoms in total. The molecular weight excluding hydrogens is 228 g/mol. The zero-order valence-electron chi connectivity index (χ0n) is 10.8. The zero-order chi connectivity index (χ0) is 13.0. The number of aliphatic hydroxyl groups excluding tert-OH is 1. The van der Waals surface area contributed by atoms with Gasteiger partial charge in [0, 0.05) is 12.7 Å². The first kappa shape index (κ1) is 13.3. The molecular formula is C13H22N4O. The maximum absolute atomic E-state index is 9.56. The van der Waals surface area contributed by atoms with Crippen LogP contribution in [0.4, 0.5) is 5.82 Å². The molecule has 2 heterocycles. The number of pyridine rings is 1. The van der Waals surface area contributed by atoms with Gasteiger partial charge in [0.15, 0.2) is 0 Å². The number of hydrogen-bond acceptors (Lipinski definition) is 5. The molecule has 1 aromatic rings. The minimum Gasteiger partial charge on any atom is -0.393 e. The first-order chi connectivity index (χ1) is 8.69. The van der Waals surface area contributed by atoms with Crippen LogP contribution in [0.2, 0.25) is 0 Å². The van der Waals surface area contributed by atoms with E-state index in [1.807, 2.05) is 25.3 Å². The highest BCUT2D eigenvalue weighted by Crippen LogP contribution is 2.21. The lowest BCUT2D eigenvalue weighted by atomic mass is 9.92. The monoisotopic (exact) mass is 250 g/mol. The fourth-order valence-electron chi connectivity index (χ4n) is 2.46. The number of likely N-dealkylation sites (tertiary alicyclic amines) is 1. The molecule has 0 saturated carbocycles. The van der Waals surface area contributed by atoms with Gasteiger partial charge in [-0.25, -0.2) is 10.8 Å². The van der Waals surface area contributed by atoms with E-state index >= 15 is 0 Å². The van der Waals surface area contributed by atoms with Gasteiger partial charge in [-0.05, 0) is 50.4 Å². The quantitative estimate of drug-likeness (QED) is 0.548. The molecule has 0 radical (unpaired) electrons. The molecule has 1 aliphatic heterocycles. The van der Waals surface area contributed by atoms with Gasteiger partial charge in [0.25, 0.3) is 0 Å². The van der Waals surface area contributed by atoms with Crippen molar-refractivity contribution in [3.05, 3.63) is 23.9 Å². The van der Waals surface area contributed by atoms with Crippen LogP contribution in [0.5, 0.6) is 0 Å². The first-order valence-corrected chi connectivity index (χ1v) is 6.51. The molecule has 2 rings (SSSR count). The Morgan fingerprint density at radius 2 is 2.22 bits per heavy atom. The molecule has 1 atom stereocenters. The number of hydrazine groups is 1. The summed E-state index contributed by atoms with van der Waals surface area (Å²) in [6.45, 7) is 4.91. The summed E-state index contributed by atoms with van der Waals surface area (Å²) in [5.41, 5.74) is 3.72. The Kier molecular flexibility index (Phi) is 4.52. The second-order valence-electron chi connectivity index (χ2n) is 5.05. The predicted octanol–water partition coefficient (Wildman–Crippen LogP) is 0.960. The molecule has 0 spiro atoms. The van der Waals surface area contributed by atoms with Crippen LogP contribution in [0.25, 0.3) is 0 Å². The number of nitrogens with zero attached hydrogens (tertiary/aromatic N) is 2. The van der Waals surface area contributed by atoms with Gasteiger partial charge in [-0.3, -0.25) is 4.90 Å². The highest BCUT2D eigenvalue weighted by molar-refractivity contribution is 5.33. The lowest BCUT2D eigenvalue weighted by molar-refractivity contribution is 0.0695. The average Bonchev–Trinajstić information content (AvgIpc) is 2.40. The summed E-state index contributed by atoms with van der Waals surface area (Å²) in [6, 6.07) is 3.93. The Labute approximate surface area is 108 Å². The van der Waals surface area contributed by atoms with Crippen LogP contribution in [0.3, 0.4) is 0 Å². The lowest BCUT2D eigenvalue weighted by Crippen LogP contribution is -2.36. The number of nitrogens with one attached hydrogen (secondary N) is 1. The van der Waals surface area contributed by atoms with Crippen molar-refractivity contribution in [3.8, 4) is 0 Å². The minimum absolute atomic E-state index is 0.177. The molecule has 0 bridgehead atoms. The van der Waals surface area contributed by atoms with E-state index in [9.17, 15) is 5.11 Å². The number of nitrogen functional groups attached to an aromatic ring is 1. The summed E-state index contributed by atoms with van der Waals surface area (Å²) in [4.78, 5) is 6.61. The Morgan fingerprint density at radius 1 is 1.50 bits per heavy atom. The van der Waals surface area contributed by atoms with E-state index in [0.29, 0.717) is 11.7 Å². The highest BCUT2D eigenvalue weighted by atomic mass is 16.3. The predicted molar refractivity (Wildman–Crippen MR) is 71.7 cm³/mol. The minimum atomic E-state index is -0.177. The van der Waals surface area contributed by atoms with E-state index in [4.69, 9.17) is 5.84 Å². The van der Waals surface area contributed by atoms with E-state index in [2.05, 4.69) is 15.3 Å². The third-order valence-electron chi connectivity index (χ3n) is 3.69. The Bertz CT molecular complexity index is 358. The summed E-state index contributed by atoms with van der Waals surface area (Å²) < 4.78 is 0. The Balaban J connectivity index is 1.83. The Hall–Kier alpha value is -1.17. The number of aliphatic hydroxyl groups is 1. The molecule has 1 saturated heterocycles. The lowest BCUT2D eigenvalue weighted by Gasteiger charge is -2.33. The molecule has 1 aromatic heterocycles. The van der Waals surface area contributed by atoms with Crippen molar-refractivity contribution in [1.29, 1.82) is 0 Å². The average molecular weight is 250 g/mol. The topological polar surface area (TPSA) is 74.4 Å². The van der Waals surface area contributed by atoms with E-state index in [1.54, 1.807) is 0 Å². The summed E-state index contributed by atoms with van der Waals surface area (Å²) in [5.74, 6) is 6.43. The SMILES string of the molecule is CC(O)C1CCN(Cc2ccc(NN)nc2)CC1. The number of aromatic nitrogens is 1. The standard InChI is InChI=1S/C13H22N4O/c1-10(18)12-4-6-17(7-5-12)9-11-2-3-13(16-14)15-8-11/h2-3,8,10,12,18H,4-7,9,14H2,1H3,(H,15,16). The third kappa shape index (κ3) is 3.41. The van der Waals surface area contributed by atoms with Crippen molar-refractivity contribution < 1.29 is 5.11 Å². The van der Waals surface area contributed by atoms with Gasteiger partial charge in [0.1, 0.15) is 5.82 Å². The summed E-state index contributed by atoms with van der Waals surface area (Å²) >= 11 is 0. The second kappa shape index (κ2) is 6.13. The summed E-state index contributed by atoms with van der Waals surface area (Å²) in [7, 11) is 0. The molecule has 1 aliphatic rings. The smallest absolute Gasteiger partial charge is 0.139 e. The van der Waals surface area contributed by atoms with Crippen molar-refractivity contribution in [2.75, 3.05) is 18.5 Å². The summed E-state index contributed by atoms with van der Waals surface area (Å²) in [6.07, 6.45) is 3.83. The first-order valence-electron chi connectivity index (χ1n) is 6.51. The normalized spacial score (nSPS) is 19.7. The molecule has 0 aliphatic carbocycles. The van der Waals surface area contributed by atoms with Gasteiger partial charge >= 0.3 is 0 Å². The third-order valence-corrected chi connectivity index (χ3v) is 3.69. The van der Waals surface area contributed by atoms with Gasteiger partial charge in [0.05, 0.1) is 6.10 Å². The number of piperidine rings is 1. The van der Waals surface area contributed by atoms with Gasteiger partial charge in [-0.2, -0.15) is 0 Å². The largest absolute Gasteiger partial charge is 0.393 e. The van der Waals surface area contributed by atoms with Crippen LogP contribution in [0.1, 0.15) is 25.3 Å². The molecule has 4 N–H and O–H groups in total. The number of nitrogens with two attached hydrogens (primary N) is 1. The molecule has 5 heteroatoms. The van der Waals surface area contributed by atoms with Crippen molar-refractivity contribution in [2.24, 2.45) is 11.8 Å². The molecule has 1 unspecified atom stereocenters. The maximum Gasteiger partial charge on any atom is 0.139 e. The second-order valence-corrected chi connectivity index (χ2v) is 5.05. The number of anilines is 1. The van der Waals surface area contributed by atoms with E-state index < -0.39 is 0 Å². The number of rotatable bonds is 4. The van der Waals surface area contributed by atoms with E-state index in [1.165, 1.54) is 5.56 Å². The van der Waals surface area contributed by atoms with Crippen molar-refractivity contribution >= 4 is 5.82 Å². The van der Waals surface area contributed by atoms with E-state index in [-0.39, 0.29) is 6.10 Å².